The number of ether oxygens (including phenoxy) is 1. The summed E-state index contributed by atoms with van der Waals surface area (Å²) in [6.45, 7) is 2.29. The summed E-state index contributed by atoms with van der Waals surface area (Å²) >= 11 is 0. The van der Waals surface area contributed by atoms with E-state index in [1.165, 1.54) is 0 Å². The molecule has 0 unspecified atom stereocenters. The quantitative estimate of drug-likeness (QED) is 0.854. The van der Waals surface area contributed by atoms with Crippen LogP contribution in [0.3, 0.4) is 0 Å². The van der Waals surface area contributed by atoms with E-state index in [1.54, 1.807) is 30.9 Å². The van der Waals surface area contributed by atoms with Gasteiger partial charge in [0.2, 0.25) is 0 Å². The number of nitriles is 1. The zero-order valence-electron chi connectivity index (χ0n) is 11.6. The van der Waals surface area contributed by atoms with Crippen LogP contribution in [0.5, 0.6) is 5.75 Å². The van der Waals surface area contributed by atoms with Crippen LogP contribution >= 0.6 is 0 Å². The molecule has 0 saturated heterocycles. The average Bonchev–Trinajstić information content (AvgIpc) is 2.47. The zero-order valence-corrected chi connectivity index (χ0v) is 11.6. The molecule has 20 heavy (non-hydrogen) atoms. The average molecular weight is 268 g/mol. The smallest absolute Gasteiger partial charge is 0.268 e. The summed E-state index contributed by atoms with van der Waals surface area (Å²) < 4.78 is 6.86. The molecule has 1 aromatic carbocycles. The highest BCUT2D eigenvalue weighted by molar-refractivity contribution is 5.35. The van der Waals surface area contributed by atoms with Gasteiger partial charge in [0.05, 0.1) is 7.11 Å². The van der Waals surface area contributed by atoms with Crippen LogP contribution in [0.15, 0.2) is 41.3 Å². The Morgan fingerprint density at radius 3 is 2.75 bits per heavy atom. The second-order valence-electron chi connectivity index (χ2n) is 4.55. The summed E-state index contributed by atoms with van der Waals surface area (Å²) in [5.74, 6) is 0.813. The molecule has 0 amide bonds. The lowest BCUT2D eigenvalue weighted by Gasteiger charge is -2.10. The number of hydrogen-bond donors (Lipinski definition) is 0. The lowest BCUT2D eigenvalue weighted by molar-refractivity contribution is 0.408. The number of nitrogens with zero attached hydrogens (tertiary/aromatic N) is 2. The molecule has 0 aliphatic rings. The van der Waals surface area contributed by atoms with Gasteiger partial charge in [0, 0.05) is 12.7 Å². The largest absolute Gasteiger partial charge is 0.496 e. The molecule has 2 rings (SSSR count). The van der Waals surface area contributed by atoms with Gasteiger partial charge in [-0.25, -0.2) is 0 Å². The monoisotopic (exact) mass is 268 g/mol. The van der Waals surface area contributed by atoms with Gasteiger partial charge in [0.1, 0.15) is 17.4 Å². The van der Waals surface area contributed by atoms with Crippen molar-refractivity contribution in [3.8, 4) is 11.8 Å². The van der Waals surface area contributed by atoms with Crippen molar-refractivity contribution in [1.29, 1.82) is 5.26 Å². The maximum Gasteiger partial charge on any atom is 0.268 e. The van der Waals surface area contributed by atoms with Gasteiger partial charge in [-0.15, -0.1) is 0 Å². The Morgan fingerprint density at radius 1 is 1.30 bits per heavy atom. The minimum Gasteiger partial charge on any atom is -0.496 e. The van der Waals surface area contributed by atoms with E-state index in [4.69, 9.17) is 10.00 Å². The first-order chi connectivity index (χ1) is 9.67. The second-order valence-corrected chi connectivity index (χ2v) is 4.55. The van der Waals surface area contributed by atoms with Crippen molar-refractivity contribution in [1.82, 2.24) is 4.57 Å². The number of para-hydroxylation sites is 1. The summed E-state index contributed by atoms with van der Waals surface area (Å²) in [4.78, 5) is 12.1. The van der Waals surface area contributed by atoms with Crippen molar-refractivity contribution in [2.75, 3.05) is 7.11 Å². The lowest BCUT2D eigenvalue weighted by Crippen LogP contribution is -2.23. The third kappa shape index (κ3) is 2.72. The molecule has 0 radical (unpaired) electrons. The summed E-state index contributed by atoms with van der Waals surface area (Å²) in [6.07, 6.45) is 2.41. The third-order valence-corrected chi connectivity index (χ3v) is 3.30. The first-order valence-electron chi connectivity index (χ1n) is 6.39. The fraction of sp³-hybridized carbons (Fsp3) is 0.250. The zero-order chi connectivity index (χ0) is 14.5. The van der Waals surface area contributed by atoms with Crippen molar-refractivity contribution < 1.29 is 4.74 Å². The summed E-state index contributed by atoms with van der Waals surface area (Å²) in [7, 11) is 1.63. The normalized spacial score (nSPS) is 10.1. The van der Waals surface area contributed by atoms with Crippen molar-refractivity contribution in [2.24, 2.45) is 0 Å². The van der Waals surface area contributed by atoms with Crippen LogP contribution in [0.1, 0.15) is 16.7 Å². The molecule has 0 saturated carbocycles. The van der Waals surface area contributed by atoms with Crippen molar-refractivity contribution in [3.63, 3.8) is 0 Å². The van der Waals surface area contributed by atoms with Crippen LogP contribution in [0.25, 0.3) is 0 Å². The topological polar surface area (TPSA) is 55.0 Å². The first-order valence-corrected chi connectivity index (χ1v) is 6.39. The molecule has 4 heteroatoms. The van der Waals surface area contributed by atoms with E-state index < -0.39 is 0 Å². The van der Waals surface area contributed by atoms with Gasteiger partial charge in [0.25, 0.3) is 5.56 Å². The molecule has 0 spiro atoms. The highest BCUT2D eigenvalue weighted by atomic mass is 16.5. The van der Waals surface area contributed by atoms with Gasteiger partial charge >= 0.3 is 0 Å². The van der Waals surface area contributed by atoms with Crippen LogP contribution in [-0.4, -0.2) is 11.7 Å². The van der Waals surface area contributed by atoms with E-state index in [0.717, 1.165) is 11.3 Å². The minimum absolute atomic E-state index is 0.215. The number of rotatable bonds is 4. The van der Waals surface area contributed by atoms with Gasteiger partial charge in [-0.05, 0) is 36.6 Å². The molecular formula is C16H16N2O2. The van der Waals surface area contributed by atoms with E-state index in [2.05, 4.69) is 0 Å². The number of aryl methyl sites for hydroxylation is 3. The van der Waals surface area contributed by atoms with Crippen LogP contribution in [0.2, 0.25) is 0 Å². The molecule has 0 aliphatic carbocycles. The van der Waals surface area contributed by atoms with E-state index in [-0.39, 0.29) is 11.1 Å². The predicted octanol–water partition coefficient (Wildman–Crippen LogP) is 2.28. The van der Waals surface area contributed by atoms with E-state index in [9.17, 15) is 4.79 Å². The molecule has 102 valence electrons. The maximum atomic E-state index is 12.1. The number of aromatic nitrogens is 1. The summed E-state index contributed by atoms with van der Waals surface area (Å²) in [6, 6.07) is 11.5. The number of benzene rings is 1. The lowest BCUT2D eigenvalue weighted by atomic mass is 10.1. The van der Waals surface area contributed by atoms with Crippen LogP contribution < -0.4 is 10.3 Å². The number of pyridine rings is 1. The fourth-order valence-corrected chi connectivity index (χ4v) is 2.13. The van der Waals surface area contributed by atoms with E-state index >= 15 is 0 Å². The molecule has 0 fully saturated rings. The van der Waals surface area contributed by atoms with E-state index in [1.807, 2.05) is 30.3 Å². The molecule has 1 heterocycles. The van der Waals surface area contributed by atoms with Crippen molar-refractivity contribution >= 4 is 0 Å². The Labute approximate surface area is 117 Å². The number of hydrogen-bond acceptors (Lipinski definition) is 3. The van der Waals surface area contributed by atoms with Gasteiger partial charge in [0.15, 0.2) is 0 Å². The Hall–Kier alpha value is -2.54. The third-order valence-electron chi connectivity index (χ3n) is 3.30. The van der Waals surface area contributed by atoms with Crippen molar-refractivity contribution in [3.05, 3.63) is 63.6 Å². The Balaban J connectivity index is 2.24. The van der Waals surface area contributed by atoms with E-state index in [0.29, 0.717) is 18.5 Å². The van der Waals surface area contributed by atoms with Crippen LogP contribution in [0.4, 0.5) is 0 Å². The Kier molecular flexibility index (Phi) is 4.21. The maximum absolute atomic E-state index is 12.1. The molecule has 0 N–H and O–H groups in total. The number of methoxy groups -OCH3 is 1. The van der Waals surface area contributed by atoms with Crippen LogP contribution in [0, 0.1) is 18.3 Å². The van der Waals surface area contributed by atoms with Gasteiger partial charge in [-0.3, -0.25) is 4.79 Å². The molecule has 0 bridgehead atoms. The molecule has 0 aliphatic heterocycles. The molecule has 2 aromatic rings. The SMILES string of the molecule is COc1ccccc1CCn1ccc(C)c(C#N)c1=O. The summed E-state index contributed by atoms with van der Waals surface area (Å²) in [5, 5.41) is 9.01. The minimum atomic E-state index is -0.234. The summed E-state index contributed by atoms with van der Waals surface area (Å²) in [5.41, 5.74) is 1.74. The molecule has 4 nitrogen and oxygen atoms in total. The first kappa shape index (κ1) is 13.9. The Bertz CT molecular complexity index is 711. The highest BCUT2D eigenvalue weighted by Crippen LogP contribution is 2.18. The van der Waals surface area contributed by atoms with Gasteiger partial charge < -0.3 is 9.30 Å². The molecular weight excluding hydrogens is 252 g/mol. The fourth-order valence-electron chi connectivity index (χ4n) is 2.13. The van der Waals surface area contributed by atoms with Gasteiger partial charge in [-0.1, -0.05) is 18.2 Å². The second kappa shape index (κ2) is 6.07. The van der Waals surface area contributed by atoms with Gasteiger partial charge in [-0.2, -0.15) is 5.26 Å². The van der Waals surface area contributed by atoms with Crippen molar-refractivity contribution in [2.45, 2.75) is 19.9 Å². The highest BCUT2D eigenvalue weighted by Gasteiger charge is 2.07. The standard InChI is InChI=1S/C16H16N2O2/c1-12-7-9-18(16(19)14(12)11-17)10-8-13-5-3-4-6-15(13)20-2/h3-7,9H,8,10H2,1-2H3. The molecule has 1 aromatic heterocycles. The Morgan fingerprint density at radius 2 is 2.05 bits per heavy atom. The van der Waals surface area contributed by atoms with Crippen LogP contribution in [-0.2, 0) is 13.0 Å². The molecule has 0 atom stereocenters. The predicted molar refractivity (Wildman–Crippen MR) is 76.9 cm³/mol.